The molecule has 0 aliphatic rings. The Labute approximate surface area is 174 Å². The molecule has 2 N–H and O–H groups in total. The van der Waals surface area contributed by atoms with Crippen LogP contribution in [0.5, 0.6) is 5.75 Å². The number of carbonyl (C=O) groups is 1. The highest BCUT2D eigenvalue weighted by molar-refractivity contribution is 7.99. The largest absolute Gasteiger partial charge is 0.497 e. The number of carbonyl (C=O) groups excluding carboxylic acids is 1. The summed E-state index contributed by atoms with van der Waals surface area (Å²) in [6.07, 6.45) is 0. The van der Waals surface area contributed by atoms with Crippen molar-refractivity contribution < 1.29 is 9.53 Å². The van der Waals surface area contributed by atoms with Crippen LogP contribution in [0.1, 0.15) is 18.3 Å². The number of aryl methyl sites for hydroxylation is 1. The first-order valence-electron chi connectivity index (χ1n) is 9.38. The molecule has 1 aromatic heterocycles. The van der Waals surface area contributed by atoms with Crippen LogP contribution < -0.4 is 15.4 Å². The normalized spacial score (nSPS) is 10.6. The lowest BCUT2D eigenvalue weighted by Crippen LogP contribution is -2.15. The van der Waals surface area contributed by atoms with E-state index in [2.05, 4.69) is 20.8 Å². The summed E-state index contributed by atoms with van der Waals surface area (Å²) in [6, 6.07) is 15.5. The summed E-state index contributed by atoms with van der Waals surface area (Å²) in [6.45, 7) is 5.31. The van der Waals surface area contributed by atoms with Crippen molar-refractivity contribution in [1.29, 1.82) is 0 Å². The van der Waals surface area contributed by atoms with E-state index in [1.165, 1.54) is 11.8 Å². The molecule has 0 fully saturated rings. The molecule has 8 heteroatoms. The number of amides is 1. The number of nitrogens with zero attached hydrogens (tertiary/aromatic N) is 3. The molecule has 1 heterocycles. The van der Waals surface area contributed by atoms with E-state index in [9.17, 15) is 4.79 Å². The fraction of sp³-hybridized carbons (Fsp3) is 0.286. The molecule has 0 saturated heterocycles. The van der Waals surface area contributed by atoms with Gasteiger partial charge in [-0.25, -0.2) is 0 Å². The number of ether oxygens (including phenoxy) is 1. The van der Waals surface area contributed by atoms with Crippen molar-refractivity contribution in [3.8, 4) is 5.75 Å². The van der Waals surface area contributed by atoms with Gasteiger partial charge in [0.25, 0.3) is 0 Å². The fourth-order valence-electron chi connectivity index (χ4n) is 2.81. The summed E-state index contributed by atoms with van der Waals surface area (Å²) < 4.78 is 7.19. The van der Waals surface area contributed by atoms with Crippen LogP contribution in [0.2, 0.25) is 0 Å². The van der Waals surface area contributed by atoms with Crippen LogP contribution in [0.25, 0.3) is 0 Å². The zero-order valence-electron chi connectivity index (χ0n) is 16.8. The second-order valence-corrected chi connectivity index (χ2v) is 7.37. The van der Waals surface area contributed by atoms with Crippen LogP contribution in [0.3, 0.4) is 0 Å². The number of methoxy groups -OCH3 is 1. The minimum atomic E-state index is -0.0656. The molecule has 2 aromatic carbocycles. The first-order valence-corrected chi connectivity index (χ1v) is 10.4. The van der Waals surface area contributed by atoms with Crippen molar-refractivity contribution in [2.75, 3.05) is 23.5 Å². The van der Waals surface area contributed by atoms with Gasteiger partial charge < -0.3 is 19.9 Å². The Balaban J connectivity index is 1.56. The first kappa shape index (κ1) is 20.7. The summed E-state index contributed by atoms with van der Waals surface area (Å²) >= 11 is 1.38. The SMILES string of the molecule is CCn1c(CNc2ccc(OC)cc2)nnc1SCC(=O)Nc1cccc(C)c1. The maximum Gasteiger partial charge on any atom is 0.234 e. The van der Waals surface area contributed by atoms with E-state index >= 15 is 0 Å². The highest BCUT2D eigenvalue weighted by Crippen LogP contribution is 2.20. The van der Waals surface area contributed by atoms with Gasteiger partial charge in [-0.1, -0.05) is 23.9 Å². The Morgan fingerprint density at radius 3 is 2.62 bits per heavy atom. The second-order valence-electron chi connectivity index (χ2n) is 6.43. The number of hydrogen-bond acceptors (Lipinski definition) is 6. The monoisotopic (exact) mass is 411 g/mol. The molecule has 0 unspecified atom stereocenters. The molecule has 3 aromatic rings. The van der Waals surface area contributed by atoms with Gasteiger partial charge in [0, 0.05) is 17.9 Å². The number of thioether (sulfide) groups is 1. The number of nitrogens with one attached hydrogen (secondary N) is 2. The van der Waals surface area contributed by atoms with Gasteiger partial charge in [-0.3, -0.25) is 4.79 Å². The minimum absolute atomic E-state index is 0.0656. The van der Waals surface area contributed by atoms with Gasteiger partial charge in [0.1, 0.15) is 5.75 Å². The molecule has 29 heavy (non-hydrogen) atoms. The molecule has 0 radical (unpaired) electrons. The van der Waals surface area contributed by atoms with E-state index in [0.717, 1.165) is 40.2 Å². The van der Waals surface area contributed by atoms with Crippen molar-refractivity contribution in [3.63, 3.8) is 0 Å². The average molecular weight is 412 g/mol. The summed E-state index contributed by atoms with van der Waals surface area (Å²) in [7, 11) is 1.65. The predicted molar refractivity (Wildman–Crippen MR) is 117 cm³/mol. The molecule has 0 bridgehead atoms. The molecule has 152 valence electrons. The Morgan fingerprint density at radius 2 is 1.93 bits per heavy atom. The number of anilines is 2. The van der Waals surface area contributed by atoms with Gasteiger partial charge in [0.2, 0.25) is 5.91 Å². The third-order valence-corrected chi connectivity index (χ3v) is 5.25. The highest BCUT2D eigenvalue weighted by Gasteiger charge is 2.13. The average Bonchev–Trinajstić information content (AvgIpc) is 3.13. The fourth-order valence-corrected chi connectivity index (χ4v) is 3.64. The summed E-state index contributed by atoms with van der Waals surface area (Å²) in [5, 5.41) is 15.5. The van der Waals surface area contributed by atoms with Crippen molar-refractivity contribution in [3.05, 3.63) is 59.9 Å². The topological polar surface area (TPSA) is 81.1 Å². The van der Waals surface area contributed by atoms with Crippen LogP contribution in [-0.4, -0.2) is 33.5 Å². The Morgan fingerprint density at radius 1 is 1.14 bits per heavy atom. The van der Waals surface area contributed by atoms with E-state index in [1.54, 1.807) is 7.11 Å². The van der Waals surface area contributed by atoms with Gasteiger partial charge in [-0.05, 0) is 55.8 Å². The lowest BCUT2D eigenvalue weighted by molar-refractivity contribution is -0.113. The van der Waals surface area contributed by atoms with Crippen LogP contribution in [0.4, 0.5) is 11.4 Å². The van der Waals surface area contributed by atoms with Crippen molar-refractivity contribution in [2.45, 2.75) is 32.1 Å². The maximum absolute atomic E-state index is 12.3. The van der Waals surface area contributed by atoms with Crippen molar-refractivity contribution in [2.24, 2.45) is 0 Å². The van der Waals surface area contributed by atoms with Crippen molar-refractivity contribution in [1.82, 2.24) is 14.8 Å². The van der Waals surface area contributed by atoms with Gasteiger partial charge >= 0.3 is 0 Å². The smallest absolute Gasteiger partial charge is 0.234 e. The highest BCUT2D eigenvalue weighted by atomic mass is 32.2. The van der Waals surface area contributed by atoms with Crippen LogP contribution >= 0.6 is 11.8 Å². The molecule has 0 atom stereocenters. The van der Waals surface area contributed by atoms with Crippen molar-refractivity contribution >= 4 is 29.0 Å². The summed E-state index contributed by atoms with van der Waals surface area (Å²) in [5.41, 5.74) is 2.88. The van der Waals surface area contributed by atoms with Gasteiger partial charge in [-0.2, -0.15) is 0 Å². The quantitative estimate of drug-likeness (QED) is 0.519. The molecule has 0 spiro atoms. The molecular weight excluding hydrogens is 386 g/mol. The first-order chi connectivity index (χ1) is 14.1. The zero-order chi connectivity index (χ0) is 20.6. The van der Waals surface area contributed by atoms with E-state index in [-0.39, 0.29) is 11.7 Å². The van der Waals surface area contributed by atoms with Gasteiger partial charge in [-0.15, -0.1) is 10.2 Å². The Kier molecular flexibility index (Phi) is 7.13. The second kappa shape index (κ2) is 9.97. The predicted octanol–water partition coefficient (Wildman–Crippen LogP) is 3.96. The van der Waals surface area contributed by atoms with Gasteiger partial charge in [0.05, 0.1) is 19.4 Å². The van der Waals surface area contributed by atoms with Crippen LogP contribution in [-0.2, 0) is 17.9 Å². The Hall–Kier alpha value is -3.00. The zero-order valence-corrected chi connectivity index (χ0v) is 17.6. The number of benzene rings is 2. The summed E-state index contributed by atoms with van der Waals surface area (Å²) in [5.74, 6) is 1.85. The Bertz CT molecular complexity index is 956. The van der Waals surface area contributed by atoms with Crippen LogP contribution in [0.15, 0.2) is 53.7 Å². The van der Waals surface area contributed by atoms with E-state index in [4.69, 9.17) is 4.74 Å². The van der Waals surface area contributed by atoms with E-state index in [1.807, 2.05) is 66.9 Å². The van der Waals surface area contributed by atoms with Gasteiger partial charge in [0.15, 0.2) is 11.0 Å². The molecule has 1 amide bonds. The standard InChI is InChI=1S/C21H25N5O2S/c1-4-26-19(13-22-16-8-10-18(28-3)11-9-16)24-25-21(26)29-14-20(27)23-17-7-5-6-15(2)12-17/h5-12,22H,4,13-14H2,1-3H3,(H,23,27). The lowest BCUT2D eigenvalue weighted by Gasteiger charge is -2.10. The number of hydrogen-bond donors (Lipinski definition) is 2. The number of rotatable bonds is 9. The van der Waals surface area contributed by atoms with E-state index < -0.39 is 0 Å². The third kappa shape index (κ3) is 5.74. The molecule has 3 rings (SSSR count). The molecule has 0 aliphatic carbocycles. The molecular formula is C21H25N5O2S. The minimum Gasteiger partial charge on any atom is -0.497 e. The summed E-state index contributed by atoms with van der Waals surface area (Å²) in [4.78, 5) is 12.3. The lowest BCUT2D eigenvalue weighted by atomic mass is 10.2. The third-order valence-electron chi connectivity index (χ3n) is 4.28. The van der Waals surface area contributed by atoms with Crippen LogP contribution in [0, 0.1) is 6.92 Å². The molecule has 0 saturated carbocycles. The molecule has 0 aliphatic heterocycles. The maximum atomic E-state index is 12.3. The van der Waals surface area contributed by atoms with E-state index in [0.29, 0.717) is 6.54 Å². The number of aromatic nitrogens is 3. The molecule has 7 nitrogen and oxygen atoms in total.